The van der Waals surface area contributed by atoms with E-state index in [0.717, 1.165) is 18.4 Å². The second-order valence-corrected chi connectivity index (χ2v) is 5.49. The van der Waals surface area contributed by atoms with Crippen molar-refractivity contribution < 1.29 is 4.74 Å². The topological polar surface area (TPSA) is 21.3 Å². The van der Waals surface area contributed by atoms with Gasteiger partial charge in [0.15, 0.2) is 0 Å². The van der Waals surface area contributed by atoms with Gasteiger partial charge in [0.1, 0.15) is 0 Å². The third kappa shape index (κ3) is 12.2. The Hall–Kier alpha value is 0.270. The zero-order valence-electron chi connectivity index (χ0n) is 10.6. The van der Waals surface area contributed by atoms with Gasteiger partial charge in [-0.3, -0.25) is 0 Å². The first-order valence-corrected chi connectivity index (χ1v) is 7.17. The highest BCUT2D eigenvalue weighted by Gasteiger charge is 2.00. The van der Waals surface area contributed by atoms with Gasteiger partial charge >= 0.3 is 0 Å². The molecule has 0 bridgehead atoms. The van der Waals surface area contributed by atoms with Crippen molar-refractivity contribution >= 4 is 11.8 Å². The number of nitrogens with one attached hydrogen (secondary N) is 1. The second-order valence-electron chi connectivity index (χ2n) is 3.94. The lowest BCUT2D eigenvalue weighted by molar-refractivity contribution is 0.200. The molecule has 0 aromatic rings. The fraction of sp³-hybridized carbons (Fsp3) is 1.00. The number of methoxy groups -OCH3 is 1. The molecule has 15 heavy (non-hydrogen) atoms. The molecule has 92 valence electrons. The molecule has 0 saturated heterocycles. The lowest BCUT2D eigenvalue weighted by Crippen LogP contribution is -2.24. The number of rotatable bonds is 11. The summed E-state index contributed by atoms with van der Waals surface area (Å²) in [7, 11) is 1.77. The van der Waals surface area contributed by atoms with Crippen molar-refractivity contribution in [2.24, 2.45) is 0 Å². The van der Waals surface area contributed by atoms with Crippen LogP contribution in [0.5, 0.6) is 0 Å². The van der Waals surface area contributed by atoms with Crippen LogP contribution in [0.3, 0.4) is 0 Å². The average molecular weight is 233 g/mol. The van der Waals surface area contributed by atoms with Crippen molar-refractivity contribution in [3.63, 3.8) is 0 Å². The van der Waals surface area contributed by atoms with Crippen molar-refractivity contribution in [2.75, 3.05) is 32.6 Å². The Labute approximate surface area is 99.5 Å². The van der Waals surface area contributed by atoms with Crippen LogP contribution in [0.1, 0.15) is 39.5 Å². The minimum Gasteiger partial charge on any atom is -0.385 e. The van der Waals surface area contributed by atoms with Crippen LogP contribution in [0.2, 0.25) is 0 Å². The molecule has 0 heterocycles. The summed E-state index contributed by atoms with van der Waals surface area (Å²) >= 11 is 2.04. The van der Waals surface area contributed by atoms with E-state index >= 15 is 0 Å². The molecule has 2 nitrogen and oxygen atoms in total. The Balaban J connectivity index is 3.08. The van der Waals surface area contributed by atoms with Crippen LogP contribution < -0.4 is 5.32 Å². The summed E-state index contributed by atoms with van der Waals surface area (Å²) in [6.45, 7) is 7.75. The lowest BCUT2D eigenvalue weighted by atomic mass is 10.2. The molecule has 0 spiro atoms. The van der Waals surface area contributed by atoms with Crippen molar-refractivity contribution in [3.8, 4) is 0 Å². The summed E-state index contributed by atoms with van der Waals surface area (Å²) in [5.41, 5.74) is 0. The van der Waals surface area contributed by atoms with Crippen molar-refractivity contribution in [1.82, 2.24) is 5.32 Å². The third-order valence-corrected chi connectivity index (χ3v) is 3.54. The molecule has 1 atom stereocenters. The molecule has 0 aromatic carbocycles. The van der Waals surface area contributed by atoms with E-state index in [4.69, 9.17) is 4.74 Å². The molecular weight excluding hydrogens is 206 g/mol. The van der Waals surface area contributed by atoms with Crippen LogP contribution in [0.25, 0.3) is 0 Å². The van der Waals surface area contributed by atoms with Crippen LogP contribution in [0.15, 0.2) is 0 Å². The van der Waals surface area contributed by atoms with E-state index in [-0.39, 0.29) is 0 Å². The van der Waals surface area contributed by atoms with Gasteiger partial charge in [-0.1, -0.05) is 26.7 Å². The standard InChI is InChI=1S/C12H27NOS/c1-4-5-6-8-13-11-12(2)15-10-7-9-14-3/h12-13H,4-11H2,1-3H3. The van der Waals surface area contributed by atoms with Gasteiger partial charge in [-0.05, 0) is 25.1 Å². The molecule has 0 aliphatic heterocycles. The minimum absolute atomic E-state index is 0.725. The third-order valence-electron chi connectivity index (χ3n) is 2.28. The van der Waals surface area contributed by atoms with Crippen molar-refractivity contribution in [2.45, 2.75) is 44.8 Å². The Morgan fingerprint density at radius 2 is 2.07 bits per heavy atom. The van der Waals surface area contributed by atoms with Crippen LogP contribution in [0, 0.1) is 0 Å². The van der Waals surface area contributed by atoms with Crippen LogP contribution >= 0.6 is 11.8 Å². The van der Waals surface area contributed by atoms with Gasteiger partial charge in [0.25, 0.3) is 0 Å². The first kappa shape index (κ1) is 15.3. The molecule has 0 aliphatic rings. The quantitative estimate of drug-likeness (QED) is 0.554. The van der Waals surface area contributed by atoms with Crippen LogP contribution in [0.4, 0.5) is 0 Å². The summed E-state index contributed by atoms with van der Waals surface area (Å²) in [6.07, 6.45) is 5.14. The molecule has 0 aromatic heterocycles. The predicted molar refractivity (Wildman–Crippen MR) is 70.8 cm³/mol. The highest BCUT2D eigenvalue weighted by molar-refractivity contribution is 7.99. The zero-order chi connectivity index (χ0) is 11.4. The molecule has 1 N–H and O–H groups in total. The normalized spacial score (nSPS) is 13.0. The maximum absolute atomic E-state index is 5.02. The van der Waals surface area contributed by atoms with Crippen molar-refractivity contribution in [3.05, 3.63) is 0 Å². The number of unbranched alkanes of at least 4 members (excludes halogenated alkanes) is 2. The smallest absolute Gasteiger partial charge is 0.0470 e. The number of ether oxygens (including phenoxy) is 1. The first-order valence-electron chi connectivity index (χ1n) is 6.12. The van der Waals surface area contributed by atoms with E-state index in [9.17, 15) is 0 Å². The van der Waals surface area contributed by atoms with Gasteiger partial charge in [0, 0.05) is 25.5 Å². The van der Waals surface area contributed by atoms with E-state index in [1.165, 1.54) is 38.0 Å². The zero-order valence-corrected chi connectivity index (χ0v) is 11.4. The largest absolute Gasteiger partial charge is 0.385 e. The molecule has 1 unspecified atom stereocenters. The summed E-state index contributed by atoms with van der Waals surface area (Å²) < 4.78 is 5.02. The van der Waals surface area contributed by atoms with Gasteiger partial charge in [-0.25, -0.2) is 0 Å². The molecule has 0 saturated carbocycles. The van der Waals surface area contributed by atoms with Crippen LogP contribution in [-0.4, -0.2) is 37.8 Å². The predicted octanol–water partition coefficient (Wildman–Crippen LogP) is 2.92. The Morgan fingerprint density at radius 3 is 2.73 bits per heavy atom. The van der Waals surface area contributed by atoms with E-state index < -0.39 is 0 Å². The second kappa shape index (κ2) is 12.3. The molecule has 0 fully saturated rings. The molecule has 3 heteroatoms. The average Bonchev–Trinajstić information content (AvgIpc) is 2.24. The summed E-state index contributed by atoms with van der Waals surface area (Å²) in [4.78, 5) is 0. The SMILES string of the molecule is CCCCCNCC(C)SCCCOC. The summed E-state index contributed by atoms with van der Waals surface area (Å²) in [6, 6.07) is 0. The Morgan fingerprint density at radius 1 is 1.27 bits per heavy atom. The molecular formula is C12H27NOS. The fourth-order valence-corrected chi connectivity index (χ4v) is 2.27. The van der Waals surface area contributed by atoms with Crippen molar-refractivity contribution in [1.29, 1.82) is 0 Å². The monoisotopic (exact) mass is 233 g/mol. The Bertz CT molecular complexity index is 122. The van der Waals surface area contributed by atoms with E-state index in [1.54, 1.807) is 7.11 Å². The van der Waals surface area contributed by atoms with E-state index in [1.807, 2.05) is 11.8 Å². The highest BCUT2D eigenvalue weighted by Crippen LogP contribution is 2.10. The number of hydrogen-bond donors (Lipinski definition) is 1. The molecule has 0 rings (SSSR count). The highest BCUT2D eigenvalue weighted by atomic mass is 32.2. The van der Waals surface area contributed by atoms with Gasteiger partial charge in [0.2, 0.25) is 0 Å². The molecule has 0 amide bonds. The summed E-state index contributed by atoms with van der Waals surface area (Å²) in [5.74, 6) is 1.21. The molecule has 0 aliphatic carbocycles. The summed E-state index contributed by atoms with van der Waals surface area (Å²) in [5, 5.41) is 4.23. The van der Waals surface area contributed by atoms with Gasteiger partial charge in [-0.2, -0.15) is 11.8 Å². The lowest BCUT2D eigenvalue weighted by Gasteiger charge is -2.12. The molecule has 0 radical (unpaired) electrons. The van der Waals surface area contributed by atoms with Gasteiger partial charge in [-0.15, -0.1) is 0 Å². The van der Waals surface area contributed by atoms with Crippen LogP contribution in [-0.2, 0) is 4.74 Å². The van der Waals surface area contributed by atoms with Gasteiger partial charge in [0.05, 0.1) is 0 Å². The maximum atomic E-state index is 5.02. The number of hydrogen-bond acceptors (Lipinski definition) is 3. The van der Waals surface area contributed by atoms with E-state index in [2.05, 4.69) is 19.2 Å². The number of thioether (sulfide) groups is 1. The fourth-order valence-electron chi connectivity index (χ4n) is 1.35. The minimum atomic E-state index is 0.725. The van der Waals surface area contributed by atoms with E-state index in [0.29, 0.717) is 0 Å². The van der Waals surface area contributed by atoms with Gasteiger partial charge < -0.3 is 10.1 Å². The maximum Gasteiger partial charge on any atom is 0.0470 e. The Kier molecular flexibility index (Phi) is 12.6. The first-order chi connectivity index (χ1) is 7.31.